The summed E-state index contributed by atoms with van der Waals surface area (Å²) in [7, 11) is 0. The molecule has 5 heterocycles. The molecule has 0 unspecified atom stereocenters. The molecule has 3 aliphatic rings. The summed E-state index contributed by atoms with van der Waals surface area (Å²) in [5.74, 6) is -0.965. The quantitative estimate of drug-likeness (QED) is 0.337. The van der Waals surface area contributed by atoms with Gasteiger partial charge >= 0.3 is 0 Å². The number of imide groups is 1. The summed E-state index contributed by atoms with van der Waals surface area (Å²) in [6.07, 6.45) is 8.77. The largest absolute Gasteiger partial charge is 0.354 e. The van der Waals surface area contributed by atoms with Crippen molar-refractivity contribution >= 4 is 40.0 Å². The van der Waals surface area contributed by atoms with Crippen molar-refractivity contribution in [2.75, 3.05) is 23.0 Å². The molecular formula is C31H29FN6O3. The van der Waals surface area contributed by atoms with Crippen LogP contribution in [0.1, 0.15) is 60.5 Å². The molecule has 10 heteroatoms. The van der Waals surface area contributed by atoms with Gasteiger partial charge in [-0.05, 0) is 67.0 Å². The molecule has 0 N–H and O–H groups in total. The summed E-state index contributed by atoms with van der Waals surface area (Å²) in [5, 5.41) is 8.67. The summed E-state index contributed by atoms with van der Waals surface area (Å²) >= 11 is 0. The Kier molecular flexibility index (Phi) is 5.88. The predicted octanol–water partition coefficient (Wildman–Crippen LogP) is 4.59. The number of piperidine rings is 2. The molecule has 0 spiro atoms. The van der Waals surface area contributed by atoms with Crippen LogP contribution in [0.2, 0.25) is 0 Å². The van der Waals surface area contributed by atoms with Crippen molar-refractivity contribution in [3.8, 4) is 0 Å². The highest BCUT2D eigenvalue weighted by atomic mass is 19.1. The number of pyridine rings is 1. The van der Waals surface area contributed by atoms with Gasteiger partial charge in [-0.2, -0.15) is 10.1 Å². The first-order valence-electron chi connectivity index (χ1n) is 14.0. The molecule has 2 aromatic heterocycles. The first kappa shape index (κ1) is 25.4. The lowest BCUT2D eigenvalue weighted by atomic mass is 9.89. The van der Waals surface area contributed by atoms with E-state index in [-0.39, 0.29) is 41.9 Å². The normalized spacial score (nSPS) is 18.6. The van der Waals surface area contributed by atoms with E-state index in [2.05, 4.69) is 18.1 Å². The average molecular weight is 553 g/mol. The van der Waals surface area contributed by atoms with Crippen LogP contribution in [0.3, 0.4) is 0 Å². The van der Waals surface area contributed by atoms with Gasteiger partial charge in [-0.3, -0.25) is 19.1 Å². The van der Waals surface area contributed by atoms with Crippen molar-refractivity contribution < 1.29 is 18.8 Å². The molecule has 0 radical (unpaired) electrons. The molecule has 4 aromatic rings. The van der Waals surface area contributed by atoms with Gasteiger partial charge in [-0.25, -0.2) is 14.4 Å². The van der Waals surface area contributed by atoms with Crippen LogP contribution < -0.4 is 9.91 Å². The number of benzene rings is 2. The highest BCUT2D eigenvalue weighted by molar-refractivity contribution is 6.27. The van der Waals surface area contributed by atoms with E-state index < -0.39 is 0 Å². The number of hydrogen-bond donors (Lipinski definition) is 0. The molecule has 2 fully saturated rings. The minimum Gasteiger partial charge on any atom is -0.354 e. The highest BCUT2D eigenvalue weighted by Crippen LogP contribution is 2.41. The van der Waals surface area contributed by atoms with Crippen LogP contribution in [0.5, 0.6) is 0 Å². The van der Waals surface area contributed by atoms with E-state index >= 15 is 0 Å². The second kappa shape index (κ2) is 9.50. The summed E-state index contributed by atoms with van der Waals surface area (Å²) in [6, 6.07) is 12.4. The minimum atomic E-state index is -0.357. The molecule has 9 nitrogen and oxygen atoms in total. The number of aromatic nitrogens is 3. The van der Waals surface area contributed by atoms with Crippen LogP contribution in [0.15, 0.2) is 61.1 Å². The predicted molar refractivity (Wildman–Crippen MR) is 151 cm³/mol. The fourth-order valence-electron chi connectivity index (χ4n) is 6.35. The summed E-state index contributed by atoms with van der Waals surface area (Å²) < 4.78 is 16.3. The van der Waals surface area contributed by atoms with Gasteiger partial charge in [0, 0.05) is 50.1 Å². The molecule has 0 atom stereocenters. The van der Waals surface area contributed by atoms with Crippen molar-refractivity contribution in [1.82, 2.24) is 19.8 Å². The number of carbonyl (C=O) groups is 3. The standard InChI is InChI=1S/C31H29FN6O3/c1-31(12-15-35(16-13-31)29-24(32)7-4-14-33-29)36-19-20(18-34-36)17-21-10-11-25-28-22(21)5-2-6-23(28)30(41)37(25)38-26(39)8-3-9-27(38)40/h2,4-7,10-11,14,18-19H,3,8-9,12-13,15-17H2,1H3. The van der Waals surface area contributed by atoms with Gasteiger partial charge in [0.25, 0.3) is 5.91 Å². The average Bonchev–Trinajstić information content (AvgIpc) is 3.56. The number of amides is 3. The molecule has 0 saturated carbocycles. The van der Waals surface area contributed by atoms with Crippen LogP contribution in [0, 0.1) is 5.82 Å². The number of rotatable bonds is 5. The zero-order valence-corrected chi connectivity index (χ0v) is 22.7. The molecule has 41 heavy (non-hydrogen) atoms. The molecule has 2 saturated heterocycles. The molecule has 3 aliphatic heterocycles. The number of hydrazine groups is 1. The van der Waals surface area contributed by atoms with Gasteiger partial charge in [0.05, 0.1) is 23.0 Å². The third-order valence-electron chi connectivity index (χ3n) is 8.68. The Labute approximate surface area is 236 Å². The zero-order valence-electron chi connectivity index (χ0n) is 22.7. The number of hydrogen-bond acceptors (Lipinski definition) is 6. The molecule has 0 bridgehead atoms. The van der Waals surface area contributed by atoms with Crippen LogP contribution in [0.25, 0.3) is 10.8 Å². The SMILES string of the molecule is CC1(n2cc(Cc3ccc4c5c(cccc35)C(=O)N4N3C(=O)CCCC3=O)cn2)CCN(c2ncccc2F)CC1. The Balaban J connectivity index is 1.14. The van der Waals surface area contributed by atoms with E-state index in [1.807, 2.05) is 40.0 Å². The monoisotopic (exact) mass is 552 g/mol. The van der Waals surface area contributed by atoms with E-state index in [0.717, 1.165) is 39.7 Å². The lowest BCUT2D eigenvalue weighted by molar-refractivity contribution is -0.148. The van der Waals surface area contributed by atoms with Crippen LogP contribution in [-0.4, -0.2) is 50.6 Å². The van der Waals surface area contributed by atoms with E-state index in [0.29, 0.717) is 43.0 Å². The molecule has 2 aromatic carbocycles. The van der Waals surface area contributed by atoms with Crippen molar-refractivity contribution in [2.24, 2.45) is 0 Å². The van der Waals surface area contributed by atoms with Gasteiger partial charge < -0.3 is 4.90 Å². The molecule has 3 amide bonds. The first-order valence-corrected chi connectivity index (χ1v) is 14.0. The van der Waals surface area contributed by atoms with Gasteiger partial charge in [0.15, 0.2) is 11.6 Å². The fraction of sp³-hybridized carbons (Fsp3) is 0.323. The minimum absolute atomic E-state index is 0.206. The molecule has 7 rings (SSSR count). The third-order valence-corrected chi connectivity index (χ3v) is 8.68. The third kappa shape index (κ3) is 4.08. The van der Waals surface area contributed by atoms with Crippen molar-refractivity contribution in [3.63, 3.8) is 0 Å². The van der Waals surface area contributed by atoms with Crippen LogP contribution >= 0.6 is 0 Å². The number of anilines is 2. The van der Waals surface area contributed by atoms with E-state index in [4.69, 9.17) is 5.10 Å². The van der Waals surface area contributed by atoms with Gasteiger partial charge in [0.2, 0.25) is 11.8 Å². The maximum absolute atomic E-state index is 14.3. The number of halogens is 1. The Bertz CT molecular complexity index is 1710. The van der Waals surface area contributed by atoms with Gasteiger partial charge in [-0.1, -0.05) is 18.2 Å². The molecule has 0 aliphatic carbocycles. The van der Waals surface area contributed by atoms with E-state index in [1.165, 1.54) is 11.1 Å². The summed E-state index contributed by atoms with van der Waals surface area (Å²) in [6.45, 7) is 3.54. The molecule has 208 valence electrons. The van der Waals surface area contributed by atoms with E-state index in [1.54, 1.807) is 18.3 Å². The first-order chi connectivity index (χ1) is 19.8. The van der Waals surface area contributed by atoms with Crippen LogP contribution in [0.4, 0.5) is 15.9 Å². The number of carbonyl (C=O) groups excluding carboxylic acids is 3. The maximum Gasteiger partial charge on any atom is 0.278 e. The Morgan fingerprint density at radius 2 is 1.73 bits per heavy atom. The lowest BCUT2D eigenvalue weighted by Gasteiger charge is -2.40. The zero-order chi connectivity index (χ0) is 28.3. The topological polar surface area (TPSA) is 91.6 Å². The Morgan fingerprint density at radius 1 is 0.951 bits per heavy atom. The van der Waals surface area contributed by atoms with Crippen molar-refractivity contribution in [3.05, 3.63) is 83.6 Å². The van der Waals surface area contributed by atoms with Crippen LogP contribution in [-0.2, 0) is 21.5 Å². The van der Waals surface area contributed by atoms with Crippen molar-refractivity contribution in [1.29, 1.82) is 0 Å². The summed E-state index contributed by atoms with van der Waals surface area (Å²) in [5.41, 5.74) is 2.91. The second-order valence-corrected chi connectivity index (χ2v) is 11.3. The Morgan fingerprint density at radius 3 is 2.49 bits per heavy atom. The Hall–Kier alpha value is -4.60. The fourth-order valence-corrected chi connectivity index (χ4v) is 6.35. The van der Waals surface area contributed by atoms with E-state index in [9.17, 15) is 18.8 Å². The maximum atomic E-state index is 14.3. The lowest BCUT2D eigenvalue weighted by Crippen LogP contribution is -2.53. The summed E-state index contributed by atoms with van der Waals surface area (Å²) in [4.78, 5) is 45.0. The smallest absolute Gasteiger partial charge is 0.278 e. The highest BCUT2D eigenvalue weighted by Gasteiger charge is 2.41. The second-order valence-electron chi connectivity index (χ2n) is 11.3. The van der Waals surface area contributed by atoms with Crippen molar-refractivity contribution in [2.45, 2.75) is 51.0 Å². The van der Waals surface area contributed by atoms with Gasteiger partial charge in [0.1, 0.15) is 0 Å². The molecular weight excluding hydrogens is 523 g/mol. The number of nitrogens with zero attached hydrogens (tertiary/aromatic N) is 6. The van der Waals surface area contributed by atoms with Gasteiger partial charge in [-0.15, -0.1) is 0 Å².